The molecule has 0 aromatic heterocycles. The molecule has 1 heterocycles. The second kappa shape index (κ2) is 15.2. The molecule has 36 heavy (non-hydrogen) atoms. The number of carboxylic acid groups (broad SMARTS) is 1. The summed E-state index contributed by atoms with van der Waals surface area (Å²) in [7, 11) is 0. The van der Waals surface area contributed by atoms with Crippen LogP contribution in [0.3, 0.4) is 0 Å². The molecular formula is C24H33BrN4O7. The molecule has 12 heteroatoms. The molecule has 0 bridgehead atoms. The minimum atomic E-state index is -1.35. The van der Waals surface area contributed by atoms with E-state index in [0.29, 0.717) is 13.1 Å². The van der Waals surface area contributed by atoms with Gasteiger partial charge in [-0.2, -0.15) is 0 Å². The highest BCUT2D eigenvalue weighted by atomic mass is 79.9. The number of alkyl carbamates (subject to hydrolysis) is 1. The van der Waals surface area contributed by atoms with Gasteiger partial charge in [0, 0.05) is 12.8 Å². The summed E-state index contributed by atoms with van der Waals surface area (Å²) in [5.41, 5.74) is 6.37. The summed E-state index contributed by atoms with van der Waals surface area (Å²) in [6.45, 7) is 1.19. The van der Waals surface area contributed by atoms with Crippen LogP contribution in [0.2, 0.25) is 0 Å². The van der Waals surface area contributed by atoms with Crippen molar-refractivity contribution in [3.8, 4) is 0 Å². The van der Waals surface area contributed by atoms with E-state index in [4.69, 9.17) is 10.5 Å². The Balaban J connectivity index is 2.14. The molecule has 1 fully saturated rings. The average molecular weight is 569 g/mol. The van der Waals surface area contributed by atoms with Gasteiger partial charge in [-0.25, -0.2) is 9.59 Å². The number of ether oxygens (including phenoxy) is 1. The number of halogens is 1. The lowest BCUT2D eigenvalue weighted by Gasteiger charge is -2.34. The van der Waals surface area contributed by atoms with Gasteiger partial charge in [0.2, 0.25) is 11.8 Å². The minimum Gasteiger partial charge on any atom is -0.480 e. The molecule has 0 radical (unpaired) electrons. The molecule has 198 valence electrons. The van der Waals surface area contributed by atoms with Gasteiger partial charge in [-0.15, -0.1) is 0 Å². The number of Topliss-reactive ketones (excluding diaryl/α,β-unsaturated/α-hetero) is 1. The van der Waals surface area contributed by atoms with E-state index in [0.717, 1.165) is 24.8 Å². The Morgan fingerprint density at radius 2 is 1.69 bits per heavy atom. The lowest BCUT2D eigenvalue weighted by molar-refractivity contribution is -0.142. The SMILES string of the molecule is NC(=O)C(C[C@H](NC(=O)OCc1ccccc1)C(=O)N[C@@H](CCC(=O)CBr)C(=O)O)N1CCCCC1. The summed E-state index contributed by atoms with van der Waals surface area (Å²) in [6.07, 6.45) is 1.52. The number of carbonyl (C=O) groups is 5. The number of carboxylic acids is 1. The van der Waals surface area contributed by atoms with E-state index in [-0.39, 0.29) is 37.0 Å². The molecule has 2 rings (SSSR count). The molecule has 11 nitrogen and oxygen atoms in total. The molecule has 0 spiro atoms. The number of rotatable bonds is 14. The second-order valence-corrected chi connectivity index (χ2v) is 9.18. The highest BCUT2D eigenvalue weighted by Gasteiger charge is 2.34. The summed E-state index contributed by atoms with van der Waals surface area (Å²) < 4.78 is 5.22. The van der Waals surface area contributed by atoms with Gasteiger partial charge in [-0.3, -0.25) is 19.3 Å². The maximum absolute atomic E-state index is 13.1. The Kier molecular flexibility index (Phi) is 12.3. The summed E-state index contributed by atoms with van der Waals surface area (Å²) >= 11 is 3.02. The van der Waals surface area contributed by atoms with E-state index in [1.807, 2.05) is 11.0 Å². The van der Waals surface area contributed by atoms with Crippen molar-refractivity contribution in [1.82, 2.24) is 15.5 Å². The van der Waals surface area contributed by atoms with Crippen LogP contribution in [0.4, 0.5) is 4.79 Å². The predicted octanol–water partition coefficient (Wildman–Crippen LogP) is 1.32. The average Bonchev–Trinajstić information content (AvgIpc) is 2.87. The number of benzene rings is 1. The van der Waals surface area contributed by atoms with Crippen LogP contribution in [0.5, 0.6) is 0 Å². The van der Waals surface area contributed by atoms with Gasteiger partial charge in [0.15, 0.2) is 0 Å². The van der Waals surface area contributed by atoms with Crippen molar-refractivity contribution in [2.45, 2.75) is 63.3 Å². The molecule has 1 aliphatic rings. The normalized spacial score (nSPS) is 16.2. The van der Waals surface area contributed by atoms with Gasteiger partial charge in [0.1, 0.15) is 24.5 Å². The lowest BCUT2D eigenvalue weighted by Crippen LogP contribution is -2.56. The van der Waals surface area contributed by atoms with Gasteiger partial charge >= 0.3 is 12.1 Å². The zero-order valence-electron chi connectivity index (χ0n) is 20.0. The first kappa shape index (κ1) is 29.2. The first-order chi connectivity index (χ1) is 17.2. The van der Waals surface area contributed by atoms with Crippen molar-refractivity contribution in [1.29, 1.82) is 0 Å². The molecule has 1 saturated heterocycles. The highest BCUT2D eigenvalue weighted by Crippen LogP contribution is 2.16. The van der Waals surface area contributed by atoms with Crippen molar-refractivity contribution in [2.75, 3.05) is 18.4 Å². The van der Waals surface area contributed by atoms with Crippen LogP contribution >= 0.6 is 15.9 Å². The third-order valence-electron chi connectivity index (χ3n) is 5.92. The number of amides is 3. The largest absolute Gasteiger partial charge is 0.480 e. The molecule has 0 aliphatic carbocycles. The van der Waals surface area contributed by atoms with E-state index >= 15 is 0 Å². The van der Waals surface area contributed by atoms with Crippen LogP contribution < -0.4 is 16.4 Å². The van der Waals surface area contributed by atoms with Crippen LogP contribution in [0.15, 0.2) is 30.3 Å². The number of nitrogens with zero attached hydrogens (tertiary/aromatic N) is 1. The summed E-state index contributed by atoms with van der Waals surface area (Å²) in [6, 6.07) is 5.44. The Bertz CT molecular complexity index is 909. The van der Waals surface area contributed by atoms with Crippen molar-refractivity contribution >= 4 is 45.6 Å². The first-order valence-electron chi connectivity index (χ1n) is 11.8. The number of primary amides is 1. The summed E-state index contributed by atoms with van der Waals surface area (Å²) in [5.74, 6) is -2.99. The highest BCUT2D eigenvalue weighted by molar-refractivity contribution is 9.09. The van der Waals surface area contributed by atoms with E-state index in [1.54, 1.807) is 24.3 Å². The maximum atomic E-state index is 13.1. The number of aliphatic carboxylic acids is 1. The number of nitrogens with one attached hydrogen (secondary N) is 2. The topological polar surface area (TPSA) is 168 Å². The van der Waals surface area contributed by atoms with Crippen LogP contribution in [0.25, 0.3) is 0 Å². The quantitative estimate of drug-likeness (QED) is 0.243. The number of hydrogen-bond donors (Lipinski definition) is 4. The number of ketones is 1. The fourth-order valence-electron chi connectivity index (χ4n) is 3.94. The van der Waals surface area contributed by atoms with Gasteiger partial charge in [-0.05, 0) is 37.9 Å². The van der Waals surface area contributed by atoms with Crippen LogP contribution in [-0.4, -0.2) is 76.2 Å². The Labute approximate surface area is 218 Å². The number of likely N-dealkylation sites (tertiary alicyclic amines) is 1. The molecule has 1 aromatic carbocycles. The third-order valence-corrected chi connectivity index (χ3v) is 6.54. The predicted molar refractivity (Wildman–Crippen MR) is 134 cm³/mol. The van der Waals surface area contributed by atoms with Crippen LogP contribution in [0, 0.1) is 0 Å². The molecule has 5 N–H and O–H groups in total. The number of carbonyl (C=O) groups excluding carboxylic acids is 4. The standard InChI is InChI=1S/C24H33BrN4O7/c25-14-17(30)9-10-18(23(33)34)27-22(32)19(13-20(21(26)31)29-11-5-2-6-12-29)28-24(35)36-15-16-7-3-1-4-8-16/h1,3-4,7-8,18-20H,2,5-6,9-15H2,(H2,26,31)(H,27,32)(H,28,35)(H,33,34)/t18-,19-,20?/m0/s1. The fourth-order valence-corrected chi connectivity index (χ4v) is 4.22. The number of piperidine rings is 1. The van der Waals surface area contributed by atoms with Crippen molar-refractivity contribution in [3.05, 3.63) is 35.9 Å². The molecule has 1 unspecified atom stereocenters. The molecule has 1 aromatic rings. The minimum absolute atomic E-state index is 0.0429. The molecule has 3 amide bonds. The zero-order chi connectivity index (χ0) is 26.5. The summed E-state index contributed by atoms with van der Waals surface area (Å²) in [5, 5.41) is 14.4. The number of hydrogen-bond acceptors (Lipinski definition) is 7. The van der Waals surface area contributed by atoms with Gasteiger partial charge in [-0.1, -0.05) is 52.7 Å². The lowest BCUT2D eigenvalue weighted by atomic mass is 10.0. The number of alkyl halides is 1. The fraction of sp³-hybridized carbons (Fsp3) is 0.542. The molecular weight excluding hydrogens is 536 g/mol. The third kappa shape index (κ3) is 9.94. The van der Waals surface area contributed by atoms with E-state index in [2.05, 4.69) is 26.6 Å². The number of nitrogens with two attached hydrogens (primary N) is 1. The maximum Gasteiger partial charge on any atom is 0.408 e. The molecule has 3 atom stereocenters. The van der Waals surface area contributed by atoms with Gasteiger partial charge in [0.25, 0.3) is 0 Å². The molecule has 1 aliphatic heterocycles. The zero-order valence-corrected chi connectivity index (χ0v) is 21.6. The van der Waals surface area contributed by atoms with Crippen molar-refractivity contribution < 1.29 is 33.8 Å². The van der Waals surface area contributed by atoms with Crippen LogP contribution in [-0.2, 0) is 30.5 Å². The van der Waals surface area contributed by atoms with Crippen LogP contribution in [0.1, 0.15) is 44.1 Å². The van der Waals surface area contributed by atoms with Crippen molar-refractivity contribution in [3.63, 3.8) is 0 Å². The Morgan fingerprint density at radius 3 is 2.28 bits per heavy atom. The van der Waals surface area contributed by atoms with Gasteiger partial charge in [0.05, 0.1) is 11.4 Å². The first-order valence-corrected chi connectivity index (χ1v) is 12.9. The molecule has 0 saturated carbocycles. The van der Waals surface area contributed by atoms with E-state index in [1.165, 1.54) is 0 Å². The van der Waals surface area contributed by atoms with Gasteiger partial charge < -0.3 is 26.2 Å². The van der Waals surface area contributed by atoms with Crippen molar-refractivity contribution in [2.24, 2.45) is 5.73 Å². The summed E-state index contributed by atoms with van der Waals surface area (Å²) in [4.78, 5) is 63.1. The second-order valence-electron chi connectivity index (χ2n) is 8.62. The Hall–Kier alpha value is -2.99. The smallest absolute Gasteiger partial charge is 0.408 e. The Morgan fingerprint density at radius 1 is 1.03 bits per heavy atom. The van der Waals surface area contributed by atoms with E-state index < -0.39 is 42.0 Å². The monoisotopic (exact) mass is 568 g/mol. The van der Waals surface area contributed by atoms with E-state index in [9.17, 15) is 29.1 Å².